The Balaban J connectivity index is 1.26. The van der Waals surface area contributed by atoms with Crippen LogP contribution in [0.2, 0.25) is 0 Å². The third-order valence-electron chi connectivity index (χ3n) is 11.4. The van der Waals surface area contributed by atoms with Gasteiger partial charge in [-0.3, -0.25) is 9.59 Å². The predicted octanol–water partition coefficient (Wildman–Crippen LogP) is 12.3. The number of nitrogens with zero attached hydrogens (tertiary/aromatic N) is 1. The smallest absolute Gasteiger partial charge is 0.200 e. The summed E-state index contributed by atoms with van der Waals surface area (Å²) in [6.45, 7) is 0. The Labute approximate surface area is 312 Å². The second-order valence-corrected chi connectivity index (χ2v) is 14.3. The van der Waals surface area contributed by atoms with Crippen molar-refractivity contribution in [1.29, 1.82) is 0 Å². The van der Waals surface area contributed by atoms with Crippen LogP contribution in [0, 0.1) is 0 Å². The topological polar surface area (TPSA) is 65.3 Å². The molecule has 0 saturated heterocycles. The minimum atomic E-state index is -0.0739. The van der Waals surface area contributed by atoms with Gasteiger partial charge in [-0.1, -0.05) is 91.0 Å². The molecule has 0 radical (unpaired) electrons. The van der Waals surface area contributed by atoms with E-state index in [1.54, 1.807) is 0 Å². The van der Waals surface area contributed by atoms with Crippen LogP contribution in [0.1, 0.15) is 0 Å². The minimum Gasteiger partial charge on any atom is -0.456 e. The van der Waals surface area contributed by atoms with E-state index >= 15 is 0 Å². The van der Waals surface area contributed by atoms with E-state index in [0.29, 0.717) is 43.9 Å². The average molecular weight is 706 g/mol. The van der Waals surface area contributed by atoms with E-state index in [1.807, 2.05) is 84.9 Å². The second kappa shape index (κ2) is 11.0. The van der Waals surface area contributed by atoms with Gasteiger partial charge in [0.1, 0.15) is 22.3 Å². The van der Waals surface area contributed by atoms with Crippen molar-refractivity contribution in [3.8, 4) is 50.2 Å². The molecule has 8 aromatic carbocycles. The molecule has 0 N–H and O–H groups in total. The zero-order valence-corrected chi connectivity index (χ0v) is 29.2. The zero-order chi connectivity index (χ0) is 36.4. The summed E-state index contributed by atoms with van der Waals surface area (Å²) in [6.07, 6.45) is 0. The maximum Gasteiger partial charge on any atom is 0.200 e. The molecule has 0 atom stereocenters. The molecule has 11 aromatic rings. The first-order valence-corrected chi connectivity index (χ1v) is 18.3. The third-order valence-corrected chi connectivity index (χ3v) is 11.4. The van der Waals surface area contributed by atoms with Gasteiger partial charge in [0.15, 0.2) is 0 Å². The number of para-hydroxylation sites is 4. The summed E-state index contributed by atoms with van der Waals surface area (Å²) in [5.74, 6) is 0. The van der Waals surface area contributed by atoms with E-state index in [9.17, 15) is 9.59 Å². The highest BCUT2D eigenvalue weighted by Crippen LogP contribution is 2.50. The van der Waals surface area contributed by atoms with Crippen molar-refractivity contribution in [1.82, 2.24) is 4.57 Å². The molecular formula is C50H27NO4. The van der Waals surface area contributed by atoms with E-state index in [2.05, 4.69) is 83.4 Å². The van der Waals surface area contributed by atoms with Gasteiger partial charge in [0.25, 0.3) is 0 Å². The molecule has 0 spiro atoms. The van der Waals surface area contributed by atoms with Crippen LogP contribution in [0.4, 0.5) is 0 Å². The largest absolute Gasteiger partial charge is 0.456 e. The van der Waals surface area contributed by atoms with Crippen molar-refractivity contribution in [2.24, 2.45) is 0 Å². The van der Waals surface area contributed by atoms with Crippen molar-refractivity contribution in [3.05, 3.63) is 184 Å². The molecule has 12 rings (SSSR count). The van der Waals surface area contributed by atoms with Crippen LogP contribution in [-0.2, 0) is 0 Å². The standard InChI is InChI=1S/C50H27NO4/c52-49-34-15-5-9-19-45(34)55-48-27-40-31-22-21-28(51-43-17-7-3-13-32(43)33-14-4-8-18-44(33)51)23-36(31)38-25-42-47(54-46-20-10-6-16-35(46)50(42)53)26-39(38)30-12-2-1-11-29(30)37(40)24-41(48)49/h1-27H. The highest BCUT2D eigenvalue weighted by Gasteiger charge is 2.26. The van der Waals surface area contributed by atoms with Crippen molar-refractivity contribution >= 4 is 65.7 Å². The van der Waals surface area contributed by atoms with Crippen LogP contribution in [0.3, 0.4) is 0 Å². The van der Waals surface area contributed by atoms with Gasteiger partial charge >= 0.3 is 0 Å². The predicted molar refractivity (Wildman–Crippen MR) is 223 cm³/mol. The fraction of sp³-hybridized carbons (Fsp3) is 0. The molecule has 55 heavy (non-hydrogen) atoms. The van der Waals surface area contributed by atoms with Crippen molar-refractivity contribution in [3.63, 3.8) is 0 Å². The molecule has 0 fully saturated rings. The summed E-state index contributed by atoms with van der Waals surface area (Å²) in [5.41, 5.74) is 12.7. The van der Waals surface area contributed by atoms with E-state index in [1.165, 1.54) is 10.8 Å². The van der Waals surface area contributed by atoms with Crippen molar-refractivity contribution in [2.75, 3.05) is 0 Å². The van der Waals surface area contributed by atoms with E-state index in [0.717, 1.165) is 61.2 Å². The van der Waals surface area contributed by atoms with Crippen LogP contribution in [-0.4, -0.2) is 4.57 Å². The molecule has 0 saturated carbocycles. The molecule has 3 heterocycles. The molecule has 5 heteroatoms. The molecular weight excluding hydrogens is 679 g/mol. The first-order chi connectivity index (χ1) is 27.1. The highest BCUT2D eigenvalue weighted by atomic mass is 16.3. The lowest BCUT2D eigenvalue weighted by atomic mass is 9.80. The Bertz CT molecular complexity index is 3520. The number of rotatable bonds is 1. The van der Waals surface area contributed by atoms with Crippen LogP contribution in [0.25, 0.3) is 116 Å². The number of benzene rings is 8. The zero-order valence-electron chi connectivity index (χ0n) is 29.2. The van der Waals surface area contributed by atoms with Crippen molar-refractivity contribution < 1.29 is 8.83 Å². The molecule has 5 nitrogen and oxygen atoms in total. The fourth-order valence-corrected chi connectivity index (χ4v) is 8.87. The van der Waals surface area contributed by atoms with Gasteiger partial charge in [-0.2, -0.15) is 0 Å². The molecule has 256 valence electrons. The van der Waals surface area contributed by atoms with Gasteiger partial charge in [0.2, 0.25) is 10.9 Å². The average Bonchev–Trinajstić information content (AvgIpc) is 3.57. The summed E-state index contributed by atoms with van der Waals surface area (Å²) in [7, 11) is 0. The van der Waals surface area contributed by atoms with E-state index < -0.39 is 0 Å². The summed E-state index contributed by atoms with van der Waals surface area (Å²) >= 11 is 0. The van der Waals surface area contributed by atoms with Gasteiger partial charge in [-0.05, 0) is 117 Å². The Morgan fingerprint density at radius 1 is 0.309 bits per heavy atom. The molecule has 0 aliphatic heterocycles. The maximum absolute atomic E-state index is 14.2. The first-order valence-electron chi connectivity index (χ1n) is 18.3. The molecule has 0 unspecified atom stereocenters. The lowest BCUT2D eigenvalue weighted by Crippen LogP contribution is -2.06. The SMILES string of the molecule is O=c1c2ccccc2oc2cc3c(cc12)-c1ccccc1-c1cc2oc4ccccc4c(=O)c2cc1-c1cc(-n2c4ccccc4c4ccccc42)ccc1-3. The number of fused-ring (bicyclic) bond motifs is 15. The van der Waals surface area contributed by atoms with Crippen LogP contribution < -0.4 is 10.9 Å². The summed E-state index contributed by atoms with van der Waals surface area (Å²) < 4.78 is 15.3. The van der Waals surface area contributed by atoms with Crippen LogP contribution in [0.5, 0.6) is 0 Å². The molecule has 1 aliphatic rings. The quantitative estimate of drug-likeness (QED) is 0.160. The van der Waals surface area contributed by atoms with E-state index in [-0.39, 0.29) is 10.9 Å². The molecule has 0 amide bonds. The van der Waals surface area contributed by atoms with Crippen molar-refractivity contribution in [2.45, 2.75) is 0 Å². The molecule has 0 bridgehead atoms. The Morgan fingerprint density at radius 3 is 1.25 bits per heavy atom. The lowest BCUT2D eigenvalue weighted by Gasteiger charge is -2.24. The highest BCUT2D eigenvalue weighted by molar-refractivity contribution is 6.11. The van der Waals surface area contributed by atoms with Gasteiger partial charge in [-0.25, -0.2) is 0 Å². The number of hydrogen-bond donors (Lipinski definition) is 0. The summed E-state index contributed by atoms with van der Waals surface area (Å²) in [4.78, 5) is 28.3. The Hall–Kier alpha value is -7.50. The lowest BCUT2D eigenvalue weighted by molar-refractivity contribution is 0.660. The first kappa shape index (κ1) is 30.0. The summed E-state index contributed by atoms with van der Waals surface area (Å²) in [5, 5.41) is 4.47. The monoisotopic (exact) mass is 705 g/mol. The van der Waals surface area contributed by atoms with Gasteiger partial charge in [-0.15, -0.1) is 0 Å². The number of hydrogen-bond acceptors (Lipinski definition) is 4. The third kappa shape index (κ3) is 4.18. The molecule has 1 aliphatic carbocycles. The van der Waals surface area contributed by atoms with Gasteiger partial charge in [0.05, 0.1) is 32.6 Å². The maximum atomic E-state index is 14.2. The van der Waals surface area contributed by atoms with Gasteiger partial charge < -0.3 is 13.4 Å². The summed E-state index contributed by atoms with van der Waals surface area (Å²) in [6, 6.07) is 54.6. The second-order valence-electron chi connectivity index (χ2n) is 14.3. The normalized spacial score (nSPS) is 12.1. The Morgan fingerprint density at radius 2 is 0.709 bits per heavy atom. The number of aromatic nitrogens is 1. The Kier molecular flexibility index (Phi) is 6.01. The van der Waals surface area contributed by atoms with Crippen LogP contribution >= 0.6 is 0 Å². The minimum absolute atomic E-state index is 0.0684. The van der Waals surface area contributed by atoms with Crippen LogP contribution in [0.15, 0.2) is 182 Å². The fourth-order valence-electron chi connectivity index (χ4n) is 8.87. The van der Waals surface area contributed by atoms with Gasteiger partial charge in [0, 0.05) is 16.5 Å². The van der Waals surface area contributed by atoms with E-state index in [4.69, 9.17) is 8.83 Å². The molecule has 3 aromatic heterocycles.